The molecule has 0 radical (unpaired) electrons. The van der Waals surface area contributed by atoms with E-state index in [1.165, 1.54) is 10.4 Å². The number of aliphatic imine (C=N–C) groups is 1. The molecule has 0 saturated carbocycles. The van der Waals surface area contributed by atoms with Crippen LogP contribution in [0.2, 0.25) is 5.02 Å². The highest BCUT2D eigenvalue weighted by Crippen LogP contribution is 2.45. The second-order valence-corrected chi connectivity index (χ2v) is 10.2. The molecule has 28 heavy (non-hydrogen) atoms. The van der Waals surface area contributed by atoms with E-state index in [9.17, 15) is 5.26 Å². The van der Waals surface area contributed by atoms with Crippen molar-refractivity contribution in [3.63, 3.8) is 0 Å². The minimum atomic E-state index is 0.0615. The molecule has 0 fully saturated rings. The average molecular weight is 415 g/mol. The van der Waals surface area contributed by atoms with Crippen molar-refractivity contribution in [2.75, 3.05) is 0 Å². The molecule has 0 N–H and O–H groups in total. The third-order valence-electron chi connectivity index (χ3n) is 5.24. The van der Waals surface area contributed by atoms with E-state index in [1.807, 2.05) is 32.0 Å². The number of fused-ring (bicyclic) bond motifs is 1. The van der Waals surface area contributed by atoms with Crippen molar-refractivity contribution >= 4 is 34.2 Å². The van der Waals surface area contributed by atoms with Crippen molar-refractivity contribution in [1.82, 2.24) is 0 Å². The van der Waals surface area contributed by atoms with Gasteiger partial charge < -0.3 is 4.74 Å². The Labute approximate surface area is 177 Å². The number of ether oxygens (including phenoxy) is 1. The second kappa shape index (κ2) is 8.27. The van der Waals surface area contributed by atoms with Gasteiger partial charge >= 0.3 is 0 Å². The number of thiophene rings is 1. The fourth-order valence-electron chi connectivity index (χ4n) is 3.63. The molecule has 5 heteroatoms. The fraction of sp³-hybridized carbons (Fsp3) is 0.478. The Kier molecular flexibility index (Phi) is 6.17. The number of nitrogens with zero attached hydrogens (tertiary/aromatic N) is 2. The summed E-state index contributed by atoms with van der Waals surface area (Å²) in [7, 11) is 0. The van der Waals surface area contributed by atoms with Gasteiger partial charge in [-0.3, -0.25) is 0 Å². The van der Waals surface area contributed by atoms with Gasteiger partial charge in [0.1, 0.15) is 16.8 Å². The maximum atomic E-state index is 9.74. The zero-order valence-corrected chi connectivity index (χ0v) is 18.7. The van der Waals surface area contributed by atoms with Gasteiger partial charge in [0.25, 0.3) is 0 Å². The van der Waals surface area contributed by atoms with Crippen molar-refractivity contribution in [1.29, 1.82) is 5.26 Å². The number of nitriles is 1. The minimum absolute atomic E-state index is 0.0615. The molecule has 1 atom stereocenters. The fourth-order valence-corrected chi connectivity index (χ4v) is 5.03. The topological polar surface area (TPSA) is 45.4 Å². The van der Waals surface area contributed by atoms with E-state index in [2.05, 4.69) is 31.8 Å². The Morgan fingerprint density at radius 1 is 1.36 bits per heavy atom. The van der Waals surface area contributed by atoms with Crippen LogP contribution in [-0.2, 0) is 12.8 Å². The maximum absolute atomic E-state index is 9.74. The van der Waals surface area contributed by atoms with Crippen LogP contribution in [0.1, 0.15) is 62.6 Å². The van der Waals surface area contributed by atoms with Gasteiger partial charge in [-0.2, -0.15) is 5.26 Å². The molecule has 1 heterocycles. The highest BCUT2D eigenvalue weighted by atomic mass is 35.5. The number of hydrogen-bond donors (Lipinski definition) is 0. The first-order valence-corrected chi connectivity index (χ1v) is 10.9. The summed E-state index contributed by atoms with van der Waals surface area (Å²) >= 11 is 7.82. The van der Waals surface area contributed by atoms with Gasteiger partial charge in [-0.1, -0.05) is 32.4 Å². The van der Waals surface area contributed by atoms with Crippen LogP contribution < -0.4 is 4.74 Å². The van der Waals surface area contributed by atoms with E-state index >= 15 is 0 Å². The highest BCUT2D eigenvalue weighted by Gasteiger charge is 2.32. The monoisotopic (exact) mass is 414 g/mol. The van der Waals surface area contributed by atoms with E-state index in [-0.39, 0.29) is 11.5 Å². The summed E-state index contributed by atoms with van der Waals surface area (Å²) in [4.78, 5) is 6.00. The molecule has 1 aliphatic rings. The molecule has 0 unspecified atom stereocenters. The lowest BCUT2D eigenvalue weighted by Gasteiger charge is -2.33. The molecule has 3 nitrogen and oxygen atoms in total. The van der Waals surface area contributed by atoms with Crippen molar-refractivity contribution in [2.45, 2.75) is 60.0 Å². The SMILES string of the molecule is CC(C)Oc1ccc(Cl)cc1C=Nc1sc2c(c1C#N)CC[C@@H](C(C)(C)C)C2. The standard InChI is InChI=1S/C23H27ClN2OS/c1-14(2)27-20-9-7-17(24)10-15(20)13-26-22-19(12-25)18-8-6-16(23(3,4)5)11-21(18)28-22/h7,9-10,13-14,16H,6,8,11H2,1-5H3/t16-/m1/s1. The maximum Gasteiger partial charge on any atom is 0.134 e. The van der Waals surface area contributed by atoms with Gasteiger partial charge in [0.2, 0.25) is 0 Å². The predicted octanol–water partition coefficient (Wildman–Crippen LogP) is 6.96. The molecule has 1 aliphatic carbocycles. The van der Waals surface area contributed by atoms with Crippen LogP contribution in [0.4, 0.5) is 5.00 Å². The zero-order chi connectivity index (χ0) is 20.5. The molecule has 0 aliphatic heterocycles. The van der Waals surface area contributed by atoms with Crippen LogP contribution >= 0.6 is 22.9 Å². The molecule has 0 bridgehead atoms. The summed E-state index contributed by atoms with van der Waals surface area (Å²) in [6.07, 6.45) is 4.96. The van der Waals surface area contributed by atoms with Crippen molar-refractivity contribution in [3.8, 4) is 11.8 Å². The molecule has 3 rings (SSSR count). The first kappa shape index (κ1) is 20.9. The van der Waals surface area contributed by atoms with Crippen molar-refractivity contribution in [2.24, 2.45) is 16.3 Å². The molecule has 2 aromatic rings. The van der Waals surface area contributed by atoms with Gasteiger partial charge in [0, 0.05) is 21.7 Å². The smallest absolute Gasteiger partial charge is 0.134 e. The minimum Gasteiger partial charge on any atom is -0.490 e. The predicted molar refractivity (Wildman–Crippen MR) is 118 cm³/mol. The zero-order valence-electron chi connectivity index (χ0n) is 17.2. The van der Waals surface area contributed by atoms with Crippen molar-refractivity contribution < 1.29 is 4.74 Å². The lowest BCUT2D eigenvalue weighted by atomic mass is 9.72. The molecule has 1 aromatic carbocycles. The second-order valence-electron chi connectivity index (χ2n) is 8.71. The Hall–Kier alpha value is -1.83. The molecule has 0 spiro atoms. The first-order valence-electron chi connectivity index (χ1n) is 9.74. The van der Waals surface area contributed by atoms with E-state index in [0.29, 0.717) is 10.9 Å². The Bertz CT molecular complexity index is 931. The van der Waals surface area contributed by atoms with Gasteiger partial charge in [0.05, 0.1) is 11.7 Å². The molecule has 0 amide bonds. The summed E-state index contributed by atoms with van der Waals surface area (Å²) in [6, 6.07) is 7.91. The third kappa shape index (κ3) is 4.59. The van der Waals surface area contributed by atoms with E-state index < -0.39 is 0 Å². The van der Waals surface area contributed by atoms with Gasteiger partial charge in [-0.15, -0.1) is 11.3 Å². The first-order chi connectivity index (χ1) is 13.2. The molecule has 0 saturated heterocycles. The Morgan fingerprint density at radius 2 is 2.11 bits per heavy atom. The quantitative estimate of drug-likeness (QED) is 0.507. The Morgan fingerprint density at radius 3 is 2.75 bits per heavy atom. The van der Waals surface area contributed by atoms with Crippen LogP contribution in [0.3, 0.4) is 0 Å². The van der Waals surface area contributed by atoms with Crippen LogP contribution in [0.25, 0.3) is 0 Å². The van der Waals surface area contributed by atoms with Crippen molar-refractivity contribution in [3.05, 3.63) is 44.8 Å². The molecular formula is C23H27ClN2OS. The number of halogens is 1. The summed E-state index contributed by atoms with van der Waals surface area (Å²) in [5.41, 5.74) is 3.04. The molecule has 1 aromatic heterocycles. The summed E-state index contributed by atoms with van der Waals surface area (Å²) in [5.74, 6) is 1.39. The largest absolute Gasteiger partial charge is 0.490 e. The highest BCUT2D eigenvalue weighted by molar-refractivity contribution is 7.16. The Balaban J connectivity index is 1.93. The van der Waals surface area contributed by atoms with E-state index in [0.717, 1.165) is 41.1 Å². The van der Waals surface area contributed by atoms with Gasteiger partial charge in [-0.05, 0) is 68.2 Å². The van der Waals surface area contributed by atoms with E-state index in [4.69, 9.17) is 16.3 Å². The summed E-state index contributed by atoms with van der Waals surface area (Å²) < 4.78 is 5.87. The van der Waals surface area contributed by atoms with Crippen LogP contribution in [0.5, 0.6) is 5.75 Å². The average Bonchev–Trinajstić information content (AvgIpc) is 2.97. The number of rotatable bonds is 4. The van der Waals surface area contributed by atoms with Crippen LogP contribution in [-0.4, -0.2) is 12.3 Å². The lowest BCUT2D eigenvalue weighted by Crippen LogP contribution is -2.26. The van der Waals surface area contributed by atoms with Crippen LogP contribution in [0, 0.1) is 22.7 Å². The van der Waals surface area contributed by atoms with Crippen LogP contribution in [0.15, 0.2) is 23.2 Å². The van der Waals surface area contributed by atoms with Gasteiger partial charge in [0.15, 0.2) is 0 Å². The van der Waals surface area contributed by atoms with Gasteiger partial charge in [-0.25, -0.2) is 4.99 Å². The normalized spacial score (nSPS) is 17.0. The summed E-state index contributed by atoms with van der Waals surface area (Å²) in [5, 5.41) is 11.2. The summed E-state index contributed by atoms with van der Waals surface area (Å²) in [6.45, 7) is 10.9. The molecular weight excluding hydrogens is 388 g/mol. The van der Waals surface area contributed by atoms with E-state index in [1.54, 1.807) is 17.6 Å². The lowest BCUT2D eigenvalue weighted by molar-refractivity contribution is 0.218. The molecule has 148 valence electrons. The third-order valence-corrected chi connectivity index (χ3v) is 6.64. The number of benzene rings is 1. The number of hydrogen-bond acceptors (Lipinski definition) is 4.